The number of hydrogen-bond donors (Lipinski definition) is 2. The van der Waals surface area contributed by atoms with Gasteiger partial charge in [-0.1, -0.05) is 25.3 Å². The number of nitrogens with two attached hydrogens (primary N) is 1. The number of carbonyl (C=O) groups is 1. The van der Waals surface area contributed by atoms with E-state index in [0.29, 0.717) is 17.3 Å². The highest BCUT2D eigenvalue weighted by molar-refractivity contribution is 7.16. The molecule has 1 aliphatic rings. The van der Waals surface area contributed by atoms with Crippen molar-refractivity contribution in [3.8, 4) is 10.7 Å². The molecule has 1 aliphatic carbocycles. The average Bonchev–Trinajstić information content (AvgIpc) is 3.11. The molecule has 122 valence electrons. The summed E-state index contributed by atoms with van der Waals surface area (Å²) in [4.78, 5) is 21.7. The Kier molecular flexibility index (Phi) is 5.35. The van der Waals surface area contributed by atoms with Gasteiger partial charge in [-0.3, -0.25) is 9.78 Å². The third-order valence-electron chi connectivity index (χ3n) is 4.40. The third kappa shape index (κ3) is 3.95. The minimum atomic E-state index is -0.0781. The van der Waals surface area contributed by atoms with E-state index in [4.69, 9.17) is 5.73 Å². The number of aromatic nitrogens is 2. The standard InChI is InChI=1S/C17H22N4OS/c18-10-14(12-6-2-1-3-7-12)21-16(22)15-11-20-17(23-15)13-8-4-5-9-19-13/h4-5,8-9,11-12,14H,1-3,6-7,10,18H2,(H,21,22). The summed E-state index contributed by atoms with van der Waals surface area (Å²) >= 11 is 1.37. The van der Waals surface area contributed by atoms with Gasteiger partial charge in [-0.25, -0.2) is 4.98 Å². The van der Waals surface area contributed by atoms with Crippen LogP contribution in [0.2, 0.25) is 0 Å². The lowest BCUT2D eigenvalue weighted by Gasteiger charge is -2.29. The molecule has 0 radical (unpaired) electrons. The van der Waals surface area contributed by atoms with Gasteiger partial charge in [0.25, 0.3) is 5.91 Å². The first-order chi connectivity index (χ1) is 11.3. The summed E-state index contributed by atoms with van der Waals surface area (Å²) in [5, 5.41) is 3.87. The lowest BCUT2D eigenvalue weighted by molar-refractivity contribution is 0.0919. The highest BCUT2D eigenvalue weighted by Crippen LogP contribution is 2.27. The van der Waals surface area contributed by atoms with Gasteiger partial charge in [0.15, 0.2) is 0 Å². The van der Waals surface area contributed by atoms with Gasteiger partial charge in [-0.05, 0) is 30.9 Å². The summed E-state index contributed by atoms with van der Waals surface area (Å²) in [5.41, 5.74) is 6.68. The van der Waals surface area contributed by atoms with E-state index in [1.54, 1.807) is 12.4 Å². The minimum absolute atomic E-state index is 0.0585. The molecule has 1 fully saturated rings. The fourth-order valence-electron chi connectivity index (χ4n) is 3.13. The molecule has 0 bridgehead atoms. The first-order valence-corrected chi connectivity index (χ1v) is 8.97. The quantitative estimate of drug-likeness (QED) is 0.883. The Morgan fingerprint density at radius 3 is 2.83 bits per heavy atom. The van der Waals surface area contributed by atoms with E-state index in [1.165, 1.54) is 30.6 Å². The van der Waals surface area contributed by atoms with Crippen molar-refractivity contribution >= 4 is 17.2 Å². The van der Waals surface area contributed by atoms with Gasteiger partial charge in [0.1, 0.15) is 9.88 Å². The fourth-order valence-corrected chi connectivity index (χ4v) is 3.93. The van der Waals surface area contributed by atoms with Crippen LogP contribution in [0.3, 0.4) is 0 Å². The lowest BCUT2D eigenvalue weighted by Crippen LogP contribution is -2.45. The highest BCUT2D eigenvalue weighted by atomic mass is 32.1. The second-order valence-corrected chi connectivity index (χ2v) is 6.99. The summed E-state index contributed by atoms with van der Waals surface area (Å²) in [6, 6.07) is 5.73. The van der Waals surface area contributed by atoms with Gasteiger partial charge in [-0.2, -0.15) is 0 Å². The topological polar surface area (TPSA) is 80.9 Å². The number of amides is 1. The van der Waals surface area contributed by atoms with E-state index in [-0.39, 0.29) is 11.9 Å². The lowest BCUT2D eigenvalue weighted by atomic mass is 9.84. The Balaban J connectivity index is 1.67. The van der Waals surface area contributed by atoms with Gasteiger partial charge < -0.3 is 11.1 Å². The zero-order valence-electron chi connectivity index (χ0n) is 13.1. The summed E-state index contributed by atoms with van der Waals surface area (Å²) in [7, 11) is 0. The number of hydrogen-bond acceptors (Lipinski definition) is 5. The van der Waals surface area contributed by atoms with Gasteiger partial charge in [0.2, 0.25) is 0 Å². The number of nitrogens with one attached hydrogen (secondary N) is 1. The van der Waals surface area contributed by atoms with Crippen LogP contribution < -0.4 is 11.1 Å². The molecule has 0 spiro atoms. The normalized spacial score (nSPS) is 16.9. The third-order valence-corrected chi connectivity index (χ3v) is 5.42. The summed E-state index contributed by atoms with van der Waals surface area (Å²) in [5.74, 6) is 0.423. The Labute approximate surface area is 140 Å². The Morgan fingerprint density at radius 1 is 1.30 bits per heavy atom. The molecule has 1 amide bonds. The number of pyridine rings is 1. The first kappa shape index (κ1) is 16.1. The number of carbonyl (C=O) groups excluding carboxylic acids is 1. The number of nitrogens with zero attached hydrogens (tertiary/aromatic N) is 2. The molecule has 1 saturated carbocycles. The minimum Gasteiger partial charge on any atom is -0.347 e. The van der Waals surface area contributed by atoms with Crippen LogP contribution in [0.5, 0.6) is 0 Å². The van der Waals surface area contributed by atoms with Crippen molar-refractivity contribution in [3.05, 3.63) is 35.5 Å². The van der Waals surface area contributed by atoms with Crippen molar-refractivity contribution in [3.63, 3.8) is 0 Å². The van der Waals surface area contributed by atoms with Crippen LogP contribution >= 0.6 is 11.3 Å². The molecular weight excluding hydrogens is 308 g/mol. The Hall–Kier alpha value is -1.79. The maximum absolute atomic E-state index is 12.5. The maximum atomic E-state index is 12.5. The molecule has 2 aromatic rings. The fraction of sp³-hybridized carbons (Fsp3) is 0.471. The maximum Gasteiger partial charge on any atom is 0.263 e. The second-order valence-electron chi connectivity index (χ2n) is 5.96. The van der Waals surface area contributed by atoms with Crippen LogP contribution in [0.15, 0.2) is 30.6 Å². The Morgan fingerprint density at radius 2 is 2.13 bits per heavy atom. The van der Waals surface area contributed by atoms with Crippen LogP contribution in [0.4, 0.5) is 0 Å². The molecule has 3 rings (SSSR count). The van der Waals surface area contributed by atoms with Crippen molar-refractivity contribution in [2.24, 2.45) is 11.7 Å². The SMILES string of the molecule is NCC(NC(=O)c1cnc(-c2ccccn2)s1)C1CCCCC1. The molecule has 6 heteroatoms. The van der Waals surface area contributed by atoms with E-state index in [0.717, 1.165) is 23.5 Å². The smallest absolute Gasteiger partial charge is 0.263 e. The van der Waals surface area contributed by atoms with Crippen LogP contribution in [0, 0.1) is 5.92 Å². The van der Waals surface area contributed by atoms with Crippen LogP contribution in [0.1, 0.15) is 41.8 Å². The molecule has 2 heterocycles. The van der Waals surface area contributed by atoms with Gasteiger partial charge in [0, 0.05) is 18.8 Å². The van der Waals surface area contributed by atoms with E-state index in [2.05, 4.69) is 15.3 Å². The van der Waals surface area contributed by atoms with E-state index in [1.807, 2.05) is 18.2 Å². The number of rotatable bonds is 5. The predicted molar refractivity (Wildman–Crippen MR) is 92.2 cm³/mol. The zero-order valence-corrected chi connectivity index (χ0v) is 13.9. The van der Waals surface area contributed by atoms with Crippen molar-refractivity contribution in [2.45, 2.75) is 38.1 Å². The summed E-state index contributed by atoms with van der Waals surface area (Å²) in [6.07, 6.45) is 9.43. The van der Waals surface area contributed by atoms with Crippen molar-refractivity contribution in [1.82, 2.24) is 15.3 Å². The van der Waals surface area contributed by atoms with E-state index < -0.39 is 0 Å². The van der Waals surface area contributed by atoms with Gasteiger partial charge in [0.05, 0.1) is 11.9 Å². The highest BCUT2D eigenvalue weighted by Gasteiger charge is 2.25. The van der Waals surface area contributed by atoms with Crippen LogP contribution in [-0.2, 0) is 0 Å². The summed E-state index contributed by atoms with van der Waals surface area (Å²) < 4.78 is 0. The molecule has 0 aliphatic heterocycles. The molecule has 2 aromatic heterocycles. The molecule has 3 N–H and O–H groups in total. The monoisotopic (exact) mass is 330 g/mol. The molecule has 0 saturated heterocycles. The van der Waals surface area contributed by atoms with Gasteiger partial charge in [-0.15, -0.1) is 11.3 Å². The van der Waals surface area contributed by atoms with Crippen molar-refractivity contribution in [2.75, 3.05) is 6.54 Å². The second kappa shape index (κ2) is 7.66. The summed E-state index contributed by atoms with van der Waals surface area (Å²) in [6.45, 7) is 0.488. The molecular formula is C17H22N4OS. The van der Waals surface area contributed by atoms with E-state index >= 15 is 0 Å². The first-order valence-electron chi connectivity index (χ1n) is 8.16. The molecule has 5 nitrogen and oxygen atoms in total. The average molecular weight is 330 g/mol. The van der Waals surface area contributed by atoms with Crippen LogP contribution in [0.25, 0.3) is 10.7 Å². The zero-order chi connectivity index (χ0) is 16.1. The molecule has 1 atom stereocenters. The predicted octanol–water partition coefficient (Wildman–Crippen LogP) is 2.84. The van der Waals surface area contributed by atoms with Crippen molar-refractivity contribution < 1.29 is 4.79 Å². The largest absolute Gasteiger partial charge is 0.347 e. The van der Waals surface area contributed by atoms with E-state index in [9.17, 15) is 4.79 Å². The van der Waals surface area contributed by atoms with Crippen molar-refractivity contribution in [1.29, 1.82) is 0 Å². The van der Waals surface area contributed by atoms with Gasteiger partial charge >= 0.3 is 0 Å². The molecule has 0 aromatic carbocycles. The number of thiazole rings is 1. The Bertz CT molecular complexity index is 637. The van der Waals surface area contributed by atoms with Crippen LogP contribution in [-0.4, -0.2) is 28.5 Å². The molecule has 1 unspecified atom stereocenters. The molecule has 23 heavy (non-hydrogen) atoms.